The Kier molecular flexibility index (Phi) is 5.53. The van der Waals surface area contributed by atoms with Crippen LogP contribution in [-0.2, 0) is 6.18 Å². The van der Waals surface area contributed by atoms with Crippen molar-refractivity contribution in [1.82, 2.24) is 5.32 Å². The largest absolute Gasteiger partial charge is 0.416 e. The van der Waals surface area contributed by atoms with Gasteiger partial charge in [0.1, 0.15) is 5.82 Å². The molecule has 1 fully saturated rings. The van der Waals surface area contributed by atoms with Crippen LogP contribution in [0, 0.1) is 5.82 Å². The van der Waals surface area contributed by atoms with Gasteiger partial charge in [-0.05, 0) is 49.2 Å². The Balaban J connectivity index is 1.49. The van der Waals surface area contributed by atoms with E-state index in [4.69, 9.17) is 0 Å². The highest BCUT2D eigenvalue weighted by Crippen LogP contribution is 2.29. The molecule has 0 aliphatic carbocycles. The van der Waals surface area contributed by atoms with Gasteiger partial charge in [0.15, 0.2) is 0 Å². The Labute approximate surface area is 154 Å². The number of para-hydroxylation sites is 1. The van der Waals surface area contributed by atoms with Gasteiger partial charge in [-0.15, -0.1) is 0 Å². The summed E-state index contributed by atoms with van der Waals surface area (Å²) in [7, 11) is 0. The van der Waals surface area contributed by atoms with E-state index in [1.54, 1.807) is 18.2 Å². The van der Waals surface area contributed by atoms with Gasteiger partial charge in [-0.1, -0.05) is 12.1 Å². The van der Waals surface area contributed by atoms with Crippen molar-refractivity contribution in [2.24, 2.45) is 0 Å². The van der Waals surface area contributed by atoms with Gasteiger partial charge in [-0.25, -0.2) is 9.18 Å². The summed E-state index contributed by atoms with van der Waals surface area (Å²) in [5.41, 5.74) is 0.0587. The third-order valence-electron chi connectivity index (χ3n) is 4.49. The molecule has 0 bridgehead atoms. The molecule has 2 N–H and O–H groups in total. The second kappa shape index (κ2) is 7.85. The Bertz CT molecular complexity index is 784. The summed E-state index contributed by atoms with van der Waals surface area (Å²) in [6.45, 7) is 1.21. The summed E-state index contributed by atoms with van der Waals surface area (Å²) >= 11 is 0. The van der Waals surface area contributed by atoms with Gasteiger partial charge in [0.25, 0.3) is 0 Å². The Hall–Kier alpha value is -2.77. The standard InChI is InChI=1S/C19H19F4N3O/c20-16-3-1-2-4-17(16)26-11-9-15(10-12-26)25-18(27)24-14-7-5-13(6-8-14)19(21,22)23/h1-8,15H,9-12H2,(H2,24,25,27). The predicted octanol–water partition coefficient (Wildman–Crippen LogP) is 4.64. The summed E-state index contributed by atoms with van der Waals surface area (Å²) < 4.78 is 51.5. The van der Waals surface area contributed by atoms with Gasteiger partial charge in [0, 0.05) is 24.8 Å². The number of carbonyl (C=O) groups excluding carboxylic acids is 1. The number of nitrogens with one attached hydrogen (secondary N) is 2. The number of urea groups is 1. The van der Waals surface area contributed by atoms with Crippen LogP contribution in [0.2, 0.25) is 0 Å². The zero-order valence-electron chi connectivity index (χ0n) is 14.4. The zero-order chi connectivity index (χ0) is 19.4. The Morgan fingerprint density at radius 3 is 2.22 bits per heavy atom. The van der Waals surface area contributed by atoms with Crippen LogP contribution in [0.3, 0.4) is 0 Å². The first-order chi connectivity index (χ1) is 12.8. The summed E-state index contributed by atoms with van der Waals surface area (Å²) in [6.07, 6.45) is -3.11. The van der Waals surface area contributed by atoms with E-state index >= 15 is 0 Å². The molecule has 144 valence electrons. The molecule has 0 spiro atoms. The topological polar surface area (TPSA) is 44.4 Å². The molecule has 2 amide bonds. The molecule has 8 heteroatoms. The lowest BCUT2D eigenvalue weighted by atomic mass is 10.0. The Morgan fingerprint density at radius 2 is 1.63 bits per heavy atom. The highest BCUT2D eigenvalue weighted by atomic mass is 19.4. The highest BCUT2D eigenvalue weighted by molar-refractivity contribution is 5.89. The van der Waals surface area contributed by atoms with Crippen molar-refractivity contribution in [2.75, 3.05) is 23.3 Å². The van der Waals surface area contributed by atoms with Gasteiger partial charge in [-0.2, -0.15) is 13.2 Å². The van der Waals surface area contributed by atoms with Crippen LogP contribution < -0.4 is 15.5 Å². The molecule has 1 heterocycles. The van der Waals surface area contributed by atoms with Crippen LogP contribution in [0.1, 0.15) is 18.4 Å². The van der Waals surface area contributed by atoms with E-state index in [-0.39, 0.29) is 17.5 Å². The maximum Gasteiger partial charge on any atom is 0.416 e. The van der Waals surface area contributed by atoms with Crippen LogP contribution in [0.5, 0.6) is 0 Å². The van der Waals surface area contributed by atoms with Crippen LogP contribution >= 0.6 is 0 Å². The van der Waals surface area contributed by atoms with E-state index in [2.05, 4.69) is 10.6 Å². The van der Waals surface area contributed by atoms with Crippen molar-refractivity contribution in [3.63, 3.8) is 0 Å². The number of piperidine rings is 1. The van der Waals surface area contributed by atoms with E-state index in [0.717, 1.165) is 12.1 Å². The second-order valence-corrected chi connectivity index (χ2v) is 6.39. The van der Waals surface area contributed by atoms with E-state index in [0.29, 0.717) is 31.6 Å². The predicted molar refractivity (Wildman–Crippen MR) is 95.2 cm³/mol. The number of rotatable bonds is 3. The molecule has 1 aliphatic rings. The lowest BCUT2D eigenvalue weighted by Crippen LogP contribution is -2.46. The lowest BCUT2D eigenvalue weighted by Gasteiger charge is -2.34. The maximum absolute atomic E-state index is 13.8. The molecule has 4 nitrogen and oxygen atoms in total. The van der Waals surface area contributed by atoms with Crippen molar-refractivity contribution in [1.29, 1.82) is 0 Å². The van der Waals surface area contributed by atoms with Crippen LogP contribution in [-0.4, -0.2) is 25.2 Å². The lowest BCUT2D eigenvalue weighted by molar-refractivity contribution is -0.137. The van der Waals surface area contributed by atoms with Crippen LogP contribution in [0.15, 0.2) is 48.5 Å². The number of nitrogens with zero attached hydrogens (tertiary/aromatic N) is 1. The van der Waals surface area contributed by atoms with Crippen molar-refractivity contribution < 1.29 is 22.4 Å². The molecule has 2 aromatic carbocycles. The number of alkyl halides is 3. The summed E-state index contributed by atoms with van der Waals surface area (Å²) in [5, 5.41) is 5.34. The summed E-state index contributed by atoms with van der Waals surface area (Å²) in [5.74, 6) is -0.274. The minimum atomic E-state index is -4.41. The fourth-order valence-electron chi connectivity index (χ4n) is 3.07. The number of benzene rings is 2. The van der Waals surface area contributed by atoms with Crippen LogP contribution in [0.4, 0.5) is 33.7 Å². The molecular formula is C19H19F4N3O. The molecule has 2 aromatic rings. The fourth-order valence-corrected chi connectivity index (χ4v) is 3.07. The van der Waals surface area contributed by atoms with Gasteiger partial charge in [-0.3, -0.25) is 0 Å². The number of anilines is 2. The molecule has 27 heavy (non-hydrogen) atoms. The van der Waals surface area contributed by atoms with Crippen molar-refractivity contribution in [3.8, 4) is 0 Å². The molecular weight excluding hydrogens is 362 g/mol. The fraction of sp³-hybridized carbons (Fsp3) is 0.316. The van der Waals surface area contributed by atoms with Crippen molar-refractivity contribution in [3.05, 3.63) is 59.9 Å². The van der Waals surface area contributed by atoms with E-state index in [1.165, 1.54) is 18.2 Å². The number of carbonyl (C=O) groups is 1. The first-order valence-electron chi connectivity index (χ1n) is 8.57. The van der Waals surface area contributed by atoms with Gasteiger partial charge in [0.2, 0.25) is 0 Å². The van der Waals surface area contributed by atoms with Gasteiger partial charge < -0.3 is 15.5 Å². The molecule has 3 rings (SSSR count). The van der Waals surface area contributed by atoms with E-state index < -0.39 is 17.8 Å². The smallest absolute Gasteiger partial charge is 0.369 e. The number of hydrogen-bond acceptors (Lipinski definition) is 2. The molecule has 0 aromatic heterocycles. The molecule has 0 radical (unpaired) electrons. The SMILES string of the molecule is O=C(Nc1ccc(C(F)(F)F)cc1)NC1CCN(c2ccccc2F)CC1. The molecule has 0 atom stereocenters. The minimum absolute atomic E-state index is 0.0810. The molecule has 1 saturated heterocycles. The first-order valence-corrected chi connectivity index (χ1v) is 8.57. The third kappa shape index (κ3) is 4.90. The van der Waals surface area contributed by atoms with E-state index in [9.17, 15) is 22.4 Å². The Morgan fingerprint density at radius 1 is 1.00 bits per heavy atom. The first kappa shape index (κ1) is 19.0. The third-order valence-corrected chi connectivity index (χ3v) is 4.49. The van der Waals surface area contributed by atoms with Crippen molar-refractivity contribution >= 4 is 17.4 Å². The molecule has 0 unspecified atom stereocenters. The van der Waals surface area contributed by atoms with Gasteiger partial charge >= 0.3 is 12.2 Å². The number of halogens is 4. The number of amides is 2. The second-order valence-electron chi connectivity index (χ2n) is 6.39. The maximum atomic E-state index is 13.8. The molecule has 0 saturated carbocycles. The zero-order valence-corrected chi connectivity index (χ0v) is 14.4. The molecule has 1 aliphatic heterocycles. The van der Waals surface area contributed by atoms with Gasteiger partial charge in [0.05, 0.1) is 11.3 Å². The summed E-state index contributed by atoms with van der Waals surface area (Å²) in [4.78, 5) is 14.0. The average Bonchev–Trinajstić information content (AvgIpc) is 2.62. The van der Waals surface area contributed by atoms with Crippen molar-refractivity contribution in [2.45, 2.75) is 25.1 Å². The van der Waals surface area contributed by atoms with Crippen LogP contribution in [0.25, 0.3) is 0 Å². The highest BCUT2D eigenvalue weighted by Gasteiger charge is 2.30. The summed E-state index contributed by atoms with van der Waals surface area (Å²) in [6, 6.07) is 10.3. The normalized spacial score (nSPS) is 15.5. The van der Waals surface area contributed by atoms with E-state index in [1.807, 2.05) is 4.90 Å². The monoisotopic (exact) mass is 381 g/mol. The average molecular weight is 381 g/mol. The quantitative estimate of drug-likeness (QED) is 0.761. The number of hydrogen-bond donors (Lipinski definition) is 2. The minimum Gasteiger partial charge on any atom is -0.369 e.